The van der Waals surface area contributed by atoms with Crippen LogP contribution in [-0.2, 0) is 9.53 Å². The Morgan fingerprint density at radius 1 is 1.55 bits per heavy atom. The molecule has 0 radical (unpaired) electrons. The van der Waals surface area contributed by atoms with E-state index in [9.17, 15) is 4.79 Å². The van der Waals surface area contributed by atoms with Crippen LogP contribution in [0.1, 0.15) is 59.8 Å². The van der Waals surface area contributed by atoms with Crippen molar-refractivity contribution in [1.29, 1.82) is 0 Å². The second kappa shape index (κ2) is 7.79. The number of rotatable bonds is 7. The zero-order valence-electron chi connectivity index (χ0n) is 14.8. The van der Waals surface area contributed by atoms with Crippen LogP contribution < -0.4 is 0 Å². The van der Waals surface area contributed by atoms with Gasteiger partial charge >= 0.3 is 0 Å². The minimum Gasteiger partial charge on any atom is -0.377 e. The molecular formula is C20H30O2. The quantitative estimate of drug-likeness (QED) is 0.387. The molecule has 0 fully saturated rings. The summed E-state index contributed by atoms with van der Waals surface area (Å²) >= 11 is 0. The van der Waals surface area contributed by atoms with Crippen LogP contribution in [0.2, 0.25) is 0 Å². The van der Waals surface area contributed by atoms with Crippen molar-refractivity contribution in [3.05, 3.63) is 23.3 Å². The van der Waals surface area contributed by atoms with E-state index >= 15 is 0 Å². The van der Waals surface area contributed by atoms with Crippen LogP contribution in [-0.4, -0.2) is 19.0 Å². The van der Waals surface area contributed by atoms with Crippen LogP contribution in [0, 0.1) is 23.7 Å². The monoisotopic (exact) mass is 302 g/mol. The van der Waals surface area contributed by atoms with Crippen molar-refractivity contribution >= 4 is 5.78 Å². The van der Waals surface area contributed by atoms with Gasteiger partial charge in [0.05, 0.1) is 6.10 Å². The highest BCUT2D eigenvalue weighted by Gasteiger charge is 2.43. The Kier molecular flexibility index (Phi) is 6.63. The number of terminal acetylenes is 1. The number of allylic oxidation sites excluding steroid dienone is 1. The molecular weight excluding hydrogens is 272 g/mol. The van der Waals surface area contributed by atoms with Crippen molar-refractivity contribution < 1.29 is 9.53 Å². The normalized spacial score (nSPS) is 22.1. The van der Waals surface area contributed by atoms with E-state index in [0.717, 1.165) is 32.1 Å². The molecule has 122 valence electrons. The molecule has 0 aromatic rings. The van der Waals surface area contributed by atoms with Gasteiger partial charge in [-0.3, -0.25) is 4.79 Å². The molecule has 0 N–H and O–H groups in total. The summed E-state index contributed by atoms with van der Waals surface area (Å²) in [4.78, 5) is 12.2. The van der Waals surface area contributed by atoms with E-state index in [2.05, 4.69) is 40.2 Å². The third kappa shape index (κ3) is 3.90. The van der Waals surface area contributed by atoms with Crippen LogP contribution in [0.4, 0.5) is 0 Å². The maximum absolute atomic E-state index is 12.2. The highest BCUT2D eigenvalue weighted by Crippen LogP contribution is 2.47. The van der Waals surface area contributed by atoms with Crippen molar-refractivity contribution in [3.8, 4) is 12.3 Å². The highest BCUT2D eigenvalue weighted by molar-refractivity contribution is 5.97. The minimum absolute atomic E-state index is 0.0116. The van der Waals surface area contributed by atoms with Gasteiger partial charge in [-0.25, -0.2) is 0 Å². The molecule has 0 spiro atoms. The fourth-order valence-corrected chi connectivity index (χ4v) is 3.86. The first-order chi connectivity index (χ1) is 10.3. The van der Waals surface area contributed by atoms with Crippen molar-refractivity contribution in [2.45, 2.75) is 65.9 Å². The lowest BCUT2D eigenvalue weighted by Gasteiger charge is -2.43. The zero-order valence-corrected chi connectivity index (χ0v) is 14.8. The van der Waals surface area contributed by atoms with E-state index in [4.69, 9.17) is 11.2 Å². The molecule has 0 aromatic carbocycles. The molecule has 0 amide bonds. The first-order valence-electron chi connectivity index (χ1n) is 8.19. The fraction of sp³-hybridized carbons (Fsp3) is 0.650. The van der Waals surface area contributed by atoms with Gasteiger partial charge < -0.3 is 4.74 Å². The second-order valence-corrected chi connectivity index (χ2v) is 6.94. The first kappa shape index (κ1) is 18.7. The molecule has 1 aliphatic carbocycles. The predicted octanol–water partition coefficient (Wildman–Crippen LogP) is 4.70. The van der Waals surface area contributed by atoms with E-state index in [1.54, 1.807) is 7.11 Å². The topological polar surface area (TPSA) is 26.3 Å². The van der Waals surface area contributed by atoms with E-state index < -0.39 is 0 Å². The number of ether oxygens (including phenoxy) is 1. The third-order valence-electron chi connectivity index (χ3n) is 4.98. The first-order valence-corrected chi connectivity index (χ1v) is 8.19. The Bertz CT molecular complexity index is 502. The number of methoxy groups -OCH3 is 1. The summed E-state index contributed by atoms with van der Waals surface area (Å²) in [5.41, 5.74) is 3.52. The number of Topliss-reactive ketones (excluding diaryl/α,β-unsaturated/α-hetero) is 1. The zero-order chi connectivity index (χ0) is 16.9. The number of ketones is 1. The molecule has 0 bridgehead atoms. The summed E-state index contributed by atoms with van der Waals surface area (Å²) in [6, 6.07) is 0. The van der Waals surface area contributed by atoms with Crippen molar-refractivity contribution in [2.24, 2.45) is 11.3 Å². The van der Waals surface area contributed by atoms with Gasteiger partial charge in [0, 0.05) is 13.0 Å². The second-order valence-electron chi connectivity index (χ2n) is 6.94. The molecule has 2 heteroatoms. The highest BCUT2D eigenvalue weighted by atomic mass is 16.5. The number of carbonyl (C=O) groups is 1. The average molecular weight is 302 g/mol. The Balaban J connectivity index is 3.14. The smallest absolute Gasteiger partial charge is 0.209 e. The lowest BCUT2D eigenvalue weighted by atomic mass is 9.62. The van der Waals surface area contributed by atoms with E-state index in [1.807, 2.05) is 0 Å². The van der Waals surface area contributed by atoms with Crippen molar-refractivity contribution in [3.63, 3.8) is 0 Å². The van der Waals surface area contributed by atoms with Crippen LogP contribution in [0.3, 0.4) is 0 Å². The van der Waals surface area contributed by atoms with Gasteiger partial charge in [-0.2, -0.15) is 0 Å². The van der Waals surface area contributed by atoms with Gasteiger partial charge in [0.1, 0.15) is 0 Å². The summed E-state index contributed by atoms with van der Waals surface area (Å²) in [5, 5.41) is 0. The molecule has 0 heterocycles. The maximum atomic E-state index is 12.2. The van der Waals surface area contributed by atoms with Gasteiger partial charge in [-0.15, -0.1) is 6.42 Å². The Morgan fingerprint density at radius 2 is 2.18 bits per heavy atom. The molecule has 0 saturated heterocycles. The van der Waals surface area contributed by atoms with Crippen LogP contribution in [0.5, 0.6) is 0 Å². The minimum atomic E-state index is -0.265. The van der Waals surface area contributed by atoms with E-state index in [-0.39, 0.29) is 23.2 Å². The number of hydrogen-bond donors (Lipinski definition) is 0. The van der Waals surface area contributed by atoms with Crippen LogP contribution >= 0.6 is 0 Å². The van der Waals surface area contributed by atoms with Gasteiger partial charge in [0.15, 0.2) is 0 Å². The standard InChI is InChI=1S/C20H30O2/c1-8-10-14(3)13-18(22-7)19-15(4)11-12-16(17(21)9-2)20(19,5)6/h2,16,18H,3,8,10-13H2,1,4-7H3. The maximum Gasteiger partial charge on any atom is 0.209 e. The summed E-state index contributed by atoms with van der Waals surface area (Å²) in [6.07, 6.45) is 10.0. The summed E-state index contributed by atoms with van der Waals surface area (Å²) in [5.74, 6) is 2.12. The molecule has 0 aromatic heterocycles. The summed E-state index contributed by atoms with van der Waals surface area (Å²) < 4.78 is 5.79. The molecule has 0 aliphatic heterocycles. The van der Waals surface area contributed by atoms with Gasteiger partial charge in [-0.1, -0.05) is 44.9 Å². The largest absolute Gasteiger partial charge is 0.377 e. The van der Waals surface area contributed by atoms with Gasteiger partial charge in [0.25, 0.3) is 0 Å². The van der Waals surface area contributed by atoms with Gasteiger partial charge in [-0.05, 0) is 49.5 Å². The number of carbonyl (C=O) groups excluding carboxylic acids is 1. The molecule has 1 rings (SSSR count). The molecule has 2 atom stereocenters. The SMILES string of the molecule is C#CC(=O)C1CCC(C)=C(C(CC(=C)CCC)OC)C1(C)C. The lowest BCUT2D eigenvalue weighted by molar-refractivity contribution is -0.120. The van der Waals surface area contributed by atoms with Crippen LogP contribution in [0.15, 0.2) is 23.3 Å². The van der Waals surface area contributed by atoms with E-state index in [0.29, 0.717) is 0 Å². The molecule has 2 unspecified atom stereocenters. The lowest BCUT2D eigenvalue weighted by Crippen LogP contribution is -2.40. The summed E-state index contributed by atoms with van der Waals surface area (Å²) in [7, 11) is 1.74. The van der Waals surface area contributed by atoms with Crippen molar-refractivity contribution in [2.75, 3.05) is 7.11 Å². The number of hydrogen-bond acceptors (Lipinski definition) is 2. The Labute approximate surface area is 136 Å². The predicted molar refractivity (Wildman–Crippen MR) is 92.5 cm³/mol. The van der Waals surface area contributed by atoms with E-state index in [1.165, 1.54) is 16.7 Å². The molecule has 22 heavy (non-hydrogen) atoms. The summed E-state index contributed by atoms with van der Waals surface area (Å²) in [6.45, 7) is 12.7. The third-order valence-corrected chi connectivity index (χ3v) is 4.98. The van der Waals surface area contributed by atoms with Gasteiger partial charge in [0.2, 0.25) is 5.78 Å². The molecule has 1 aliphatic rings. The fourth-order valence-electron chi connectivity index (χ4n) is 3.86. The Hall–Kier alpha value is -1.33. The Morgan fingerprint density at radius 3 is 2.68 bits per heavy atom. The van der Waals surface area contributed by atoms with Crippen molar-refractivity contribution in [1.82, 2.24) is 0 Å². The molecule has 0 saturated carbocycles. The average Bonchev–Trinajstić information content (AvgIpc) is 2.45. The molecule has 2 nitrogen and oxygen atoms in total. The van der Waals surface area contributed by atoms with Crippen LogP contribution in [0.25, 0.3) is 0 Å².